The number of ketones is 1. The summed E-state index contributed by atoms with van der Waals surface area (Å²) >= 11 is 0. The van der Waals surface area contributed by atoms with Crippen LogP contribution in [0.5, 0.6) is 0 Å². The number of nitrogens with one attached hydrogen (secondary N) is 1. The molecule has 1 saturated heterocycles. The molecule has 0 saturated carbocycles. The highest BCUT2D eigenvalue weighted by Crippen LogP contribution is 2.30. The van der Waals surface area contributed by atoms with Gasteiger partial charge in [-0.3, -0.25) is 9.69 Å². The molecule has 4 nitrogen and oxygen atoms in total. The van der Waals surface area contributed by atoms with E-state index in [1.807, 2.05) is 54.7 Å². The van der Waals surface area contributed by atoms with Gasteiger partial charge in [0.05, 0.1) is 6.04 Å². The van der Waals surface area contributed by atoms with Crippen molar-refractivity contribution in [1.82, 2.24) is 9.88 Å². The van der Waals surface area contributed by atoms with Crippen LogP contribution in [0.4, 0.5) is 5.69 Å². The molecule has 4 heteroatoms. The van der Waals surface area contributed by atoms with Gasteiger partial charge in [-0.2, -0.15) is 0 Å². The van der Waals surface area contributed by atoms with E-state index in [9.17, 15) is 4.79 Å². The second-order valence-corrected chi connectivity index (χ2v) is 7.78. The molecule has 1 unspecified atom stereocenters. The van der Waals surface area contributed by atoms with Gasteiger partial charge in [0.2, 0.25) is 0 Å². The van der Waals surface area contributed by atoms with Gasteiger partial charge in [-0.15, -0.1) is 0 Å². The van der Waals surface area contributed by atoms with Crippen molar-refractivity contribution < 1.29 is 4.79 Å². The Labute approximate surface area is 176 Å². The number of anilines is 1. The lowest BCUT2D eigenvalue weighted by atomic mass is 9.95. The quantitative estimate of drug-likeness (QED) is 0.488. The fraction of sp³-hybridized carbons (Fsp3) is 0.192. The molecule has 2 heterocycles. The van der Waals surface area contributed by atoms with E-state index in [1.165, 1.54) is 5.69 Å². The Morgan fingerprint density at radius 3 is 2.13 bits per heavy atom. The first-order valence-corrected chi connectivity index (χ1v) is 10.5. The lowest BCUT2D eigenvalue weighted by molar-refractivity contribution is 0.0808. The van der Waals surface area contributed by atoms with Crippen LogP contribution in [0.25, 0.3) is 10.9 Å². The van der Waals surface area contributed by atoms with Gasteiger partial charge in [0.15, 0.2) is 5.78 Å². The monoisotopic (exact) mass is 395 g/mol. The number of rotatable bonds is 5. The number of aromatic nitrogens is 1. The first kappa shape index (κ1) is 18.6. The summed E-state index contributed by atoms with van der Waals surface area (Å²) in [5.74, 6) is 0.159. The Bertz CT molecular complexity index is 1130. The average Bonchev–Trinajstić information content (AvgIpc) is 3.25. The van der Waals surface area contributed by atoms with Gasteiger partial charge in [0.25, 0.3) is 0 Å². The van der Waals surface area contributed by atoms with Crippen molar-refractivity contribution in [2.24, 2.45) is 0 Å². The van der Waals surface area contributed by atoms with Gasteiger partial charge in [-0.25, -0.2) is 0 Å². The summed E-state index contributed by atoms with van der Waals surface area (Å²) in [6.45, 7) is 3.52. The van der Waals surface area contributed by atoms with Crippen molar-refractivity contribution in [3.8, 4) is 0 Å². The van der Waals surface area contributed by atoms with Crippen LogP contribution in [-0.4, -0.2) is 41.8 Å². The van der Waals surface area contributed by atoms with Crippen molar-refractivity contribution in [2.75, 3.05) is 31.1 Å². The maximum atomic E-state index is 13.8. The second kappa shape index (κ2) is 8.17. The Balaban J connectivity index is 1.44. The second-order valence-electron chi connectivity index (χ2n) is 7.78. The van der Waals surface area contributed by atoms with Crippen LogP contribution in [0.3, 0.4) is 0 Å². The van der Waals surface area contributed by atoms with Crippen LogP contribution in [-0.2, 0) is 0 Å². The topological polar surface area (TPSA) is 39.3 Å². The highest BCUT2D eigenvalue weighted by Gasteiger charge is 2.32. The van der Waals surface area contributed by atoms with E-state index >= 15 is 0 Å². The number of Topliss-reactive ketones (excluding diaryl/α,β-unsaturated/α-hetero) is 1. The number of piperazine rings is 1. The molecular formula is C26H25N3O. The number of hydrogen-bond donors (Lipinski definition) is 1. The van der Waals surface area contributed by atoms with Gasteiger partial charge < -0.3 is 9.88 Å². The molecule has 0 radical (unpaired) electrons. The third kappa shape index (κ3) is 3.51. The molecule has 0 bridgehead atoms. The van der Waals surface area contributed by atoms with Gasteiger partial charge in [0.1, 0.15) is 0 Å². The van der Waals surface area contributed by atoms with Gasteiger partial charge in [0, 0.05) is 54.5 Å². The van der Waals surface area contributed by atoms with Gasteiger partial charge in [-0.05, 0) is 23.8 Å². The molecular weight excluding hydrogens is 370 g/mol. The Morgan fingerprint density at radius 1 is 0.767 bits per heavy atom. The first-order valence-electron chi connectivity index (χ1n) is 10.5. The minimum Gasteiger partial charge on any atom is -0.369 e. The smallest absolute Gasteiger partial charge is 0.186 e. The Kier molecular flexibility index (Phi) is 5.08. The van der Waals surface area contributed by atoms with Crippen molar-refractivity contribution in [1.29, 1.82) is 0 Å². The van der Waals surface area contributed by atoms with E-state index in [4.69, 9.17) is 0 Å². The molecule has 5 rings (SSSR count). The lowest BCUT2D eigenvalue weighted by Gasteiger charge is -2.39. The van der Waals surface area contributed by atoms with E-state index in [-0.39, 0.29) is 11.8 Å². The zero-order valence-electron chi connectivity index (χ0n) is 16.9. The normalized spacial score (nSPS) is 15.9. The minimum atomic E-state index is -0.275. The Hall–Kier alpha value is -3.37. The number of aromatic amines is 1. The highest BCUT2D eigenvalue weighted by atomic mass is 16.1. The van der Waals surface area contributed by atoms with E-state index < -0.39 is 0 Å². The summed E-state index contributed by atoms with van der Waals surface area (Å²) in [6.07, 6.45) is 1.86. The number of carbonyl (C=O) groups excluding carboxylic acids is 1. The SMILES string of the molecule is O=C(c1c[nH]c2ccccc12)C(c1ccccc1)N1CCN(c2ccccc2)CC1. The van der Waals surface area contributed by atoms with Crippen molar-refractivity contribution in [3.63, 3.8) is 0 Å². The van der Waals surface area contributed by atoms with Crippen LogP contribution >= 0.6 is 0 Å². The summed E-state index contributed by atoms with van der Waals surface area (Å²) in [7, 11) is 0. The molecule has 0 amide bonds. The van der Waals surface area contributed by atoms with Crippen LogP contribution in [0, 0.1) is 0 Å². The number of hydrogen-bond acceptors (Lipinski definition) is 3. The van der Waals surface area contributed by atoms with Crippen molar-refractivity contribution in [2.45, 2.75) is 6.04 Å². The molecule has 0 aliphatic carbocycles. The first-order chi connectivity index (χ1) is 14.8. The fourth-order valence-corrected chi connectivity index (χ4v) is 4.46. The van der Waals surface area contributed by atoms with Gasteiger partial charge in [-0.1, -0.05) is 66.7 Å². The predicted molar refractivity (Wildman–Crippen MR) is 122 cm³/mol. The molecule has 0 spiro atoms. The number of nitrogens with zero attached hydrogens (tertiary/aromatic N) is 2. The molecule has 1 N–H and O–H groups in total. The number of benzene rings is 3. The largest absolute Gasteiger partial charge is 0.369 e. The third-order valence-corrected chi connectivity index (χ3v) is 6.02. The zero-order valence-corrected chi connectivity index (χ0v) is 16.9. The summed E-state index contributed by atoms with van der Waals surface area (Å²) in [4.78, 5) is 21.8. The highest BCUT2D eigenvalue weighted by molar-refractivity contribution is 6.10. The van der Waals surface area contributed by atoms with E-state index in [2.05, 4.69) is 51.2 Å². The predicted octanol–water partition coefficient (Wildman–Crippen LogP) is 4.91. The number of H-pyrrole nitrogens is 1. The molecule has 1 fully saturated rings. The molecule has 150 valence electrons. The zero-order chi connectivity index (χ0) is 20.3. The van der Waals surface area contributed by atoms with Crippen LogP contribution < -0.4 is 4.90 Å². The van der Waals surface area contributed by atoms with Crippen LogP contribution in [0.2, 0.25) is 0 Å². The molecule has 3 aromatic carbocycles. The van der Waals surface area contributed by atoms with E-state index in [1.54, 1.807) is 0 Å². The summed E-state index contributed by atoms with van der Waals surface area (Å²) in [5.41, 5.74) is 4.07. The molecule has 1 aliphatic rings. The Morgan fingerprint density at radius 2 is 1.40 bits per heavy atom. The molecule has 1 aliphatic heterocycles. The van der Waals surface area contributed by atoms with Crippen molar-refractivity contribution >= 4 is 22.4 Å². The summed E-state index contributed by atoms with van der Waals surface area (Å²) in [5, 5.41) is 0.992. The standard InChI is InChI=1S/C26H25N3O/c30-26(23-19-27-24-14-8-7-13-22(23)24)25(20-9-3-1-4-10-20)29-17-15-28(16-18-29)21-11-5-2-6-12-21/h1-14,19,25,27H,15-18H2. The van der Waals surface area contributed by atoms with Crippen LogP contribution in [0.15, 0.2) is 91.1 Å². The number of carbonyl (C=O) groups is 1. The average molecular weight is 396 g/mol. The minimum absolute atomic E-state index is 0.159. The number of fused-ring (bicyclic) bond motifs is 1. The summed E-state index contributed by atoms with van der Waals surface area (Å²) < 4.78 is 0. The van der Waals surface area contributed by atoms with E-state index in [0.717, 1.165) is 48.2 Å². The molecule has 30 heavy (non-hydrogen) atoms. The van der Waals surface area contributed by atoms with Crippen LogP contribution in [0.1, 0.15) is 22.0 Å². The van der Waals surface area contributed by atoms with Gasteiger partial charge >= 0.3 is 0 Å². The fourth-order valence-electron chi connectivity index (χ4n) is 4.46. The number of para-hydroxylation sites is 2. The molecule has 1 atom stereocenters. The lowest BCUT2D eigenvalue weighted by Crippen LogP contribution is -2.49. The van der Waals surface area contributed by atoms with E-state index in [0.29, 0.717) is 0 Å². The maximum absolute atomic E-state index is 13.8. The van der Waals surface area contributed by atoms with Crippen molar-refractivity contribution in [3.05, 3.63) is 102 Å². The maximum Gasteiger partial charge on any atom is 0.186 e. The third-order valence-electron chi connectivity index (χ3n) is 6.02. The summed E-state index contributed by atoms with van der Waals surface area (Å²) in [6, 6.07) is 28.4. The molecule has 1 aromatic heterocycles. The molecule has 4 aromatic rings.